The predicted octanol–water partition coefficient (Wildman–Crippen LogP) is 2.08. The molecule has 0 N–H and O–H groups in total. The highest BCUT2D eigenvalue weighted by Gasteiger charge is 2.47. The zero-order valence-electron chi connectivity index (χ0n) is 15.8. The molecule has 0 spiro atoms. The van der Waals surface area contributed by atoms with Crippen LogP contribution in [0, 0.1) is 5.92 Å². The number of amides is 1. The van der Waals surface area contributed by atoms with Gasteiger partial charge in [0.2, 0.25) is 15.9 Å². The van der Waals surface area contributed by atoms with Crippen molar-refractivity contribution >= 4 is 15.9 Å². The topological polar surface area (TPSA) is 70.6 Å². The molecule has 6 nitrogen and oxygen atoms in total. The minimum Gasteiger partial charge on any atom is -0.342 e. The van der Waals surface area contributed by atoms with E-state index in [-0.39, 0.29) is 11.8 Å². The fourth-order valence-electron chi connectivity index (χ4n) is 4.28. The van der Waals surface area contributed by atoms with Crippen molar-refractivity contribution in [2.45, 2.75) is 31.1 Å². The highest BCUT2D eigenvalue weighted by atomic mass is 32.2. The summed E-state index contributed by atoms with van der Waals surface area (Å²) >= 11 is 0. The molecule has 2 saturated heterocycles. The molecule has 1 amide bonds. The van der Waals surface area contributed by atoms with Gasteiger partial charge in [-0.2, -0.15) is 4.31 Å². The second-order valence-electron chi connectivity index (χ2n) is 7.62. The first kappa shape index (κ1) is 19.1. The molecule has 1 aromatic carbocycles. The highest BCUT2D eigenvalue weighted by Crippen LogP contribution is 2.35. The number of hydrogen-bond acceptors (Lipinski definition) is 4. The molecule has 1 aromatic heterocycles. The molecule has 2 aliphatic rings. The molecule has 0 radical (unpaired) electrons. The third-order valence-electron chi connectivity index (χ3n) is 5.79. The maximum absolute atomic E-state index is 13.1. The van der Waals surface area contributed by atoms with E-state index in [0.717, 1.165) is 17.5 Å². The summed E-state index contributed by atoms with van der Waals surface area (Å²) in [6, 6.07) is 13.4. The number of carbonyl (C=O) groups is 1. The number of hydrogen-bond donors (Lipinski definition) is 0. The summed E-state index contributed by atoms with van der Waals surface area (Å²) in [5.74, 6) is 0.159. The van der Waals surface area contributed by atoms with Crippen molar-refractivity contribution in [1.82, 2.24) is 14.2 Å². The van der Waals surface area contributed by atoms with Gasteiger partial charge in [0.25, 0.3) is 0 Å². The molecule has 2 aromatic rings. The Morgan fingerprint density at radius 3 is 2.54 bits per heavy atom. The highest BCUT2D eigenvalue weighted by molar-refractivity contribution is 7.90. The van der Waals surface area contributed by atoms with E-state index in [9.17, 15) is 13.2 Å². The van der Waals surface area contributed by atoms with E-state index in [1.807, 2.05) is 47.4 Å². The lowest BCUT2D eigenvalue weighted by atomic mass is 10.0. The first-order valence-corrected chi connectivity index (χ1v) is 11.2. The zero-order valence-corrected chi connectivity index (χ0v) is 16.6. The molecule has 7 heteroatoms. The van der Waals surface area contributed by atoms with Gasteiger partial charge in [0.1, 0.15) is 0 Å². The monoisotopic (exact) mass is 399 g/mol. The van der Waals surface area contributed by atoms with E-state index in [1.54, 1.807) is 16.7 Å². The van der Waals surface area contributed by atoms with Crippen LogP contribution in [0.3, 0.4) is 0 Å². The number of rotatable bonds is 4. The quantitative estimate of drug-likeness (QED) is 0.789. The standard InChI is InChI=1S/C21H25N3O3S/c25-21(13-17-5-2-1-3-6-17)23-11-8-19-16-24(15-18-7-4-10-22-14-18)28(26,27)20(19)9-12-23/h1-7,10,14,19-20H,8-9,11-13,15-16H2/t19-,20-/m1/s1. The molecular formula is C21H25N3O3S. The van der Waals surface area contributed by atoms with Crippen LogP contribution in [-0.2, 0) is 27.8 Å². The van der Waals surface area contributed by atoms with Gasteiger partial charge >= 0.3 is 0 Å². The maximum atomic E-state index is 13.1. The molecule has 0 aliphatic carbocycles. The first-order chi connectivity index (χ1) is 13.5. The summed E-state index contributed by atoms with van der Waals surface area (Å²) in [6.07, 6.45) is 5.02. The SMILES string of the molecule is O=C(Cc1ccccc1)N1CC[C@@H]2CN(Cc3cccnc3)S(=O)(=O)[C@@H]2CC1. The van der Waals surface area contributed by atoms with Gasteiger partial charge in [0.15, 0.2) is 0 Å². The Morgan fingerprint density at radius 2 is 1.79 bits per heavy atom. The van der Waals surface area contributed by atoms with Crippen molar-refractivity contribution in [3.63, 3.8) is 0 Å². The van der Waals surface area contributed by atoms with Crippen LogP contribution in [-0.4, -0.2) is 53.4 Å². The number of nitrogens with zero attached hydrogens (tertiary/aromatic N) is 3. The molecule has 28 heavy (non-hydrogen) atoms. The van der Waals surface area contributed by atoms with Crippen LogP contribution >= 0.6 is 0 Å². The molecule has 0 saturated carbocycles. The van der Waals surface area contributed by atoms with E-state index in [2.05, 4.69) is 4.98 Å². The Morgan fingerprint density at radius 1 is 1.04 bits per heavy atom. The second kappa shape index (κ2) is 8.01. The van der Waals surface area contributed by atoms with Crippen molar-refractivity contribution in [3.8, 4) is 0 Å². The van der Waals surface area contributed by atoms with Crippen LogP contribution in [0.15, 0.2) is 54.9 Å². The van der Waals surface area contributed by atoms with Gasteiger partial charge < -0.3 is 4.90 Å². The van der Waals surface area contributed by atoms with E-state index >= 15 is 0 Å². The van der Waals surface area contributed by atoms with Gasteiger partial charge in [-0.15, -0.1) is 0 Å². The normalized spacial score (nSPS) is 24.5. The molecule has 148 valence electrons. The summed E-state index contributed by atoms with van der Waals surface area (Å²) in [7, 11) is -3.35. The van der Waals surface area contributed by atoms with Gasteiger partial charge in [-0.05, 0) is 36.0 Å². The lowest BCUT2D eigenvalue weighted by Gasteiger charge is -2.22. The fourth-order valence-corrected chi connectivity index (χ4v) is 6.50. The van der Waals surface area contributed by atoms with Crippen LogP contribution in [0.5, 0.6) is 0 Å². The molecule has 2 aliphatic heterocycles. The number of benzene rings is 1. The van der Waals surface area contributed by atoms with Gasteiger partial charge in [-0.3, -0.25) is 9.78 Å². The number of pyridine rings is 1. The summed E-state index contributed by atoms with van der Waals surface area (Å²) in [5.41, 5.74) is 1.90. The maximum Gasteiger partial charge on any atom is 0.226 e. The largest absolute Gasteiger partial charge is 0.342 e. The number of sulfonamides is 1. The summed E-state index contributed by atoms with van der Waals surface area (Å²) < 4.78 is 27.7. The molecule has 2 fully saturated rings. The van der Waals surface area contributed by atoms with Gasteiger partial charge in [0, 0.05) is 38.6 Å². The van der Waals surface area contributed by atoms with E-state index in [4.69, 9.17) is 0 Å². The lowest BCUT2D eigenvalue weighted by molar-refractivity contribution is -0.130. The number of aromatic nitrogens is 1. The minimum absolute atomic E-state index is 0.0794. The van der Waals surface area contributed by atoms with Crippen LogP contribution in [0.2, 0.25) is 0 Å². The van der Waals surface area contributed by atoms with Crippen molar-refractivity contribution < 1.29 is 13.2 Å². The van der Waals surface area contributed by atoms with Crippen LogP contribution < -0.4 is 0 Å². The fraction of sp³-hybridized carbons (Fsp3) is 0.429. The average molecular weight is 400 g/mol. The van der Waals surface area contributed by atoms with Gasteiger partial charge in [0.05, 0.1) is 11.7 Å². The van der Waals surface area contributed by atoms with E-state index < -0.39 is 15.3 Å². The summed E-state index contributed by atoms with van der Waals surface area (Å²) in [5, 5.41) is -0.390. The first-order valence-electron chi connectivity index (χ1n) is 9.73. The Balaban J connectivity index is 1.41. The van der Waals surface area contributed by atoms with Crippen molar-refractivity contribution in [2.24, 2.45) is 5.92 Å². The summed E-state index contributed by atoms with van der Waals surface area (Å²) in [4.78, 5) is 18.6. The predicted molar refractivity (Wildman–Crippen MR) is 107 cm³/mol. The van der Waals surface area contributed by atoms with Crippen LogP contribution in [0.25, 0.3) is 0 Å². The second-order valence-corrected chi connectivity index (χ2v) is 9.77. The Hall–Kier alpha value is -2.25. The van der Waals surface area contributed by atoms with E-state index in [1.165, 1.54) is 0 Å². The smallest absolute Gasteiger partial charge is 0.226 e. The third kappa shape index (κ3) is 3.95. The number of carbonyl (C=O) groups excluding carboxylic acids is 1. The summed E-state index contributed by atoms with van der Waals surface area (Å²) in [6.45, 7) is 2.04. The number of fused-ring (bicyclic) bond motifs is 1. The van der Waals surface area contributed by atoms with E-state index in [0.29, 0.717) is 39.0 Å². The molecule has 2 atom stereocenters. The molecule has 4 rings (SSSR count). The van der Waals surface area contributed by atoms with Crippen LogP contribution in [0.1, 0.15) is 24.0 Å². The lowest BCUT2D eigenvalue weighted by Crippen LogP contribution is -2.35. The Bertz CT molecular complexity index is 918. The molecule has 3 heterocycles. The zero-order chi connectivity index (χ0) is 19.6. The van der Waals surface area contributed by atoms with Crippen molar-refractivity contribution in [3.05, 3.63) is 66.0 Å². The van der Waals surface area contributed by atoms with Gasteiger partial charge in [-0.25, -0.2) is 8.42 Å². The number of likely N-dealkylation sites (tertiary alicyclic amines) is 1. The van der Waals surface area contributed by atoms with Crippen molar-refractivity contribution in [1.29, 1.82) is 0 Å². The van der Waals surface area contributed by atoms with Gasteiger partial charge in [-0.1, -0.05) is 36.4 Å². The molecular weight excluding hydrogens is 374 g/mol. The Labute approximate surface area is 166 Å². The van der Waals surface area contributed by atoms with Crippen molar-refractivity contribution in [2.75, 3.05) is 19.6 Å². The minimum atomic E-state index is -3.35. The molecule has 0 unspecified atom stereocenters. The average Bonchev–Trinajstić information content (AvgIpc) is 2.84. The Kier molecular flexibility index (Phi) is 5.46. The molecule has 0 bridgehead atoms. The third-order valence-corrected chi connectivity index (χ3v) is 8.18. The van der Waals surface area contributed by atoms with Crippen LogP contribution in [0.4, 0.5) is 0 Å².